The normalized spacial score (nSPS) is 25.5. The van der Waals surface area contributed by atoms with Crippen LogP contribution in [0.3, 0.4) is 0 Å². The largest absolute Gasteiger partial charge is 0.367 e. The molecule has 5 nitrogen and oxygen atoms in total. The van der Waals surface area contributed by atoms with Gasteiger partial charge in [-0.15, -0.1) is 0 Å². The van der Waals surface area contributed by atoms with E-state index in [0.29, 0.717) is 26.1 Å². The molecule has 2 saturated heterocycles. The van der Waals surface area contributed by atoms with Crippen molar-refractivity contribution in [3.8, 4) is 0 Å². The average Bonchev–Trinajstić information content (AvgIpc) is 2.80. The summed E-state index contributed by atoms with van der Waals surface area (Å²) < 4.78 is 6.01. The first kappa shape index (κ1) is 17.0. The van der Waals surface area contributed by atoms with Gasteiger partial charge in [0, 0.05) is 19.5 Å². The number of rotatable bonds is 3. The van der Waals surface area contributed by atoms with Crippen LogP contribution >= 0.6 is 0 Å². The molecule has 0 aromatic heterocycles. The molecule has 0 N–H and O–H groups in total. The minimum atomic E-state index is -0.0984. The average molecular weight is 330 g/mol. The molecule has 24 heavy (non-hydrogen) atoms. The van der Waals surface area contributed by atoms with E-state index in [1.54, 1.807) is 4.90 Å². The fraction of sp³-hybridized carbons (Fsp3) is 0.579. The highest BCUT2D eigenvalue weighted by Crippen LogP contribution is 2.25. The smallest absolute Gasteiger partial charge is 0.242 e. The summed E-state index contributed by atoms with van der Waals surface area (Å²) in [6.45, 7) is 4.03. The lowest BCUT2D eigenvalue weighted by atomic mass is 10.1. The van der Waals surface area contributed by atoms with Crippen molar-refractivity contribution < 1.29 is 14.3 Å². The molecule has 0 spiro atoms. The van der Waals surface area contributed by atoms with E-state index in [1.807, 2.05) is 42.2 Å². The summed E-state index contributed by atoms with van der Waals surface area (Å²) in [5.41, 5.74) is 1.09. The highest BCUT2D eigenvalue weighted by Gasteiger charge is 2.30. The van der Waals surface area contributed by atoms with Crippen molar-refractivity contribution in [2.24, 2.45) is 0 Å². The number of amides is 2. The van der Waals surface area contributed by atoms with Crippen LogP contribution in [0.1, 0.15) is 44.3 Å². The molecule has 5 heteroatoms. The molecule has 1 aromatic rings. The molecule has 1 aromatic carbocycles. The Morgan fingerprint density at radius 2 is 1.96 bits per heavy atom. The zero-order valence-corrected chi connectivity index (χ0v) is 14.3. The van der Waals surface area contributed by atoms with Gasteiger partial charge in [0.15, 0.2) is 0 Å². The van der Waals surface area contributed by atoms with Gasteiger partial charge in [0.05, 0.1) is 19.2 Å². The van der Waals surface area contributed by atoms with Crippen molar-refractivity contribution in [3.05, 3.63) is 35.9 Å². The Morgan fingerprint density at radius 1 is 1.17 bits per heavy atom. The number of hydrogen-bond acceptors (Lipinski definition) is 3. The van der Waals surface area contributed by atoms with E-state index in [9.17, 15) is 9.59 Å². The molecule has 0 saturated carbocycles. The van der Waals surface area contributed by atoms with E-state index in [-0.39, 0.29) is 30.6 Å². The lowest BCUT2D eigenvalue weighted by Gasteiger charge is -2.38. The van der Waals surface area contributed by atoms with E-state index in [1.165, 1.54) is 0 Å². The predicted octanol–water partition coefficient (Wildman–Crippen LogP) is 2.38. The maximum atomic E-state index is 12.7. The first-order valence-corrected chi connectivity index (χ1v) is 8.89. The zero-order valence-electron chi connectivity index (χ0n) is 14.3. The van der Waals surface area contributed by atoms with Crippen LogP contribution in [0.5, 0.6) is 0 Å². The molecule has 0 unspecified atom stereocenters. The number of carbonyl (C=O) groups excluding carboxylic acids is 2. The van der Waals surface area contributed by atoms with Crippen LogP contribution < -0.4 is 0 Å². The zero-order chi connectivity index (χ0) is 16.9. The Kier molecular flexibility index (Phi) is 5.51. The summed E-state index contributed by atoms with van der Waals surface area (Å²) in [6, 6.07) is 10.0. The molecule has 2 fully saturated rings. The molecule has 2 heterocycles. The maximum absolute atomic E-state index is 12.7. The first-order chi connectivity index (χ1) is 11.6. The van der Waals surface area contributed by atoms with Crippen LogP contribution in [0.15, 0.2) is 30.3 Å². The number of likely N-dealkylation sites (tertiary alicyclic amines) is 1. The number of nitrogens with zero attached hydrogens (tertiary/aromatic N) is 2. The molecular formula is C19H26N2O3. The Bertz CT molecular complexity index is 575. The van der Waals surface area contributed by atoms with Crippen LogP contribution in [0.4, 0.5) is 0 Å². The third kappa shape index (κ3) is 4.15. The fourth-order valence-corrected chi connectivity index (χ4v) is 3.48. The summed E-state index contributed by atoms with van der Waals surface area (Å²) in [7, 11) is 0. The molecule has 130 valence electrons. The Labute approximate surface area is 143 Å². The van der Waals surface area contributed by atoms with Gasteiger partial charge in [-0.3, -0.25) is 9.59 Å². The Hall–Kier alpha value is -1.88. The van der Waals surface area contributed by atoms with Gasteiger partial charge in [0.1, 0.15) is 6.10 Å². The lowest BCUT2D eigenvalue weighted by molar-refractivity contribution is -0.149. The van der Waals surface area contributed by atoms with E-state index in [0.717, 1.165) is 24.8 Å². The molecule has 2 amide bonds. The summed E-state index contributed by atoms with van der Waals surface area (Å²) in [6.07, 6.45) is 3.46. The van der Waals surface area contributed by atoms with Gasteiger partial charge in [0.25, 0.3) is 0 Å². The van der Waals surface area contributed by atoms with Crippen molar-refractivity contribution in [3.63, 3.8) is 0 Å². The summed E-state index contributed by atoms with van der Waals surface area (Å²) >= 11 is 0. The minimum absolute atomic E-state index is 0.00672. The Morgan fingerprint density at radius 3 is 2.75 bits per heavy atom. The van der Waals surface area contributed by atoms with Crippen LogP contribution in [-0.4, -0.2) is 53.9 Å². The summed E-state index contributed by atoms with van der Waals surface area (Å²) in [5, 5.41) is 0. The van der Waals surface area contributed by atoms with E-state index >= 15 is 0 Å². The van der Waals surface area contributed by atoms with Crippen molar-refractivity contribution in [2.75, 3.05) is 26.2 Å². The molecule has 2 aliphatic heterocycles. The Balaban J connectivity index is 1.64. The molecule has 2 aliphatic rings. The third-order valence-electron chi connectivity index (χ3n) is 4.78. The number of hydrogen-bond donors (Lipinski definition) is 0. The number of carbonyl (C=O) groups is 2. The van der Waals surface area contributed by atoms with Gasteiger partial charge in [-0.2, -0.15) is 0 Å². The highest BCUT2D eigenvalue weighted by molar-refractivity contribution is 5.85. The van der Waals surface area contributed by atoms with Gasteiger partial charge in [-0.05, 0) is 25.3 Å². The van der Waals surface area contributed by atoms with Gasteiger partial charge in [-0.25, -0.2) is 0 Å². The van der Waals surface area contributed by atoms with Gasteiger partial charge < -0.3 is 14.5 Å². The minimum Gasteiger partial charge on any atom is -0.367 e. The second kappa shape index (κ2) is 7.79. The first-order valence-electron chi connectivity index (χ1n) is 8.89. The second-order valence-corrected chi connectivity index (χ2v) is 6.77. The topological polar surface area (TPSA) is 49.9 Å². The van der Waals surface area contributed by atoms with Crippen molar-refractivity contribution in [1.29, 1.82) is 0 Å². The fourth-order valence-electron chi connectivity index (χ4n) is 3.48. The summed E-state index contributed by atoms with van der Waals surface area (Å²) in [4.78, 5) is 28.4. The molecule has 3 rings (SSSR count). The lowest BCUT2D eigenvalue weighted by Crippen LogP contribution is -2.50. The number of ether oxygens (including phenoxy) is 1. The van der Waals surface area contributed by atoms with Crippen LogP contribution in [0.25, 0.3) is 0 Å². The van der Waals surface area contributed by atoms with Gasteiger partial charge in [0.2, 0.25) is 11.8 Å². The standard InChI is InChI=1S/C19H26N2O3/c1-15-12-21(13-17(24-15)16-8-4-2-5-9-16)19(23)14-20-11-7-3-6-10-18(20)22/h2,4-5,8-9,15,17H,3,6-7,10-14H2,1H3/t15-,17-/m0/s1. The summed E-state index contributed by atoms with van der Waals surface area (Å²) in [5.74, 6) is 0.142. The molecule has 0 radical (unpaired) electrons. The predicted molar refractivity (Wildman–Crippen MR) is 91.4 cm³/mol. The van der Waals surface area contributed by atoms with Crippen molar-refractivity contribution in [1.82, 2.24) is 9.80 Å². The van der Waals surface area contributed by atoms with Gasteiger partial charge in [-0.1, -0.05) is 36.8 Å². The van der Waals surface area contributed by atoms with Crippen molar-refractivity contribution >= 4 is 11.8 Å². The van der Waals surface area contributed by atoms with Crippen molar-refractivity contribution in [2.45, 2.75) is 44.8 Å². The van der Waals surface area contributed by atoms with Crippen LogP contribution in [0, 0.1) is 0 Å². The third-order valence-corrected chi connectivity index (χ3v) is 4.78. The molecular weight excluding hydrogens is 304 g/mol. The second-order valence-electron chi connectivity index (χ2n) is 6.77. The molecule has 2 atom stereocenters. The van der Waals surface area contributed by atoms with Crippen LogP contribution in [-0.2, 0) is 14.3 Å². The van der Waals surface area contributed by atoms with Crippen LogP contribution in [0.2, 0.25) is 0 Å². The van der Waals surface area contributed by atoms with E-state index in [2.05, 4.69) is 0 Å². The quantitative estimate of drug-likeness (QED) is 0.855. The van der Waals surface area contributed by atoms with E-state index < -0.39 is 0 Å². The van der Waals surface area contributed by atoms with E-state index in [4.69, 9.17) is 4.74 Å². The van der Waals surface area contributed by atoms with Gasteiger partial charge >= 0.3 is 0 Å². The SMILES string of the molecule is C[C@H]1CN(C(=O)CN2CCCCCC2=O)C[C@@H](c2ccccc2)O1. The number of morpholine rings is 1. The number of benzene rings is 1. The maximum Gasteiger partial charge on any atom is 0.242 e. The molecule has 0 aliphatic carbocycles. The monoisotopic (exact) mass is 330 g/mol. The highest BCUT2D eigenvalue weighted by atomic mass is 16.5. The molecule has 0 bridgehead atoms.